The van der Waals surface area contributed by atoms with Crippen LogP contribution in [0.25, 0.3) is 0 Å². The van der Waals surface area contributed by atoms with Crippen molar-refractivity contribution in [1.29, 1.82) is 0 Å². The highest BCUT2D eigenvalue weighted by Gasteiger charge is 2.05. The van der Waals surface area contributed by atoms with Crippen molar-refractivity contribution in [2.75, 3.05) is 0 Å². The van der Waals surface area contributed by atoms with E-state index in [1.807, 2.05) is 18.2 Å². The highest BCUT2D eigenvalue weighted by molar-refractivity contribution is 6.30. The number of halogens is 1. The summed E-state index contributed by atoms with van der Waals surface area (Å²) >= 11 is 6.03. The van der Waals surface area contributed by atoms with Gasteiger partial charge in [0.15, 0.2) is 0 Å². The Bertz CT molecular complexity index is 546. The third kappa shape index (κ3) is 4.09. The summed E-state index contributed by atoms with van der Waals surface area (Å²) in [5.74, 6) is 0.586. The van der Waals surface area contributed by atoms with E-state index in [1.165, 1.54) is 16.7 Å². The monoisotopic (exact) mass is 287 g/mol. The van der Waals surface area contributed by atoms with Gasteiger partial charge in [0.05, 0.1) is 0 Å². The molecular weight excluding hydrogens is 266 g/mol. The van der Waals surface area contributed by atoms with Gasteiger partial charge in [-0.3, -0.25) is 0 Å². The van der Waals surface area contributed by atoms with E-state index in [9.17, 15) is 0 Å². The van der Waals surface area contributed by atoms with Crippen LogP contribution in [-0.4, -0.2) is 0 Å². The topological polar surface area (TPSA) is 12.0 Å². The lowest BCUT2D eigenvalue weighted by Gasteiger charge is -2.15. The Morgan fingerprint density at radius 2 is 1.65 bits per heavy atom. The van der Waals surface area contributed by atoms with E-state index >= 15 is 0 Å². The predicted molar refractivity (Wildman–Crippen MR) is 87.2 cm³/mol. The average molecular weight is 288 g/mol. The summed E-state index contributed by atoms with van der Waals surface area (Å²) in [5, 5.41) is 4.32. The molecule has 106 valence electrons. The lowest BCUT2D eigenvalue weighted by atomic mass is 10.0. The minimum absolute atomic E-state index is 0.290. The number of hydrogen-bond donors (Lipinski definition) is 1. The molecule has 0 bridgehead atoms. The van der Waals surface area contributed by atoms with E-state index in [2.05, 4.69) is 56.4 Å². The molecule has 2 heteroatoms. The van der Waals surface area contributed by atoms with Gasteiger partial charge < -0.3 is 5.32 Å². The lowest BCUT2D eigenvalue weighted by molar-refractivity contribution is 0.574. The zero-order valence-electron chi connectivity index (χ0n) is 12.4. The van der Waals surface area contributed by atoms with Crippen LogP contribution in [0.4, 0.5) is 0 Å². The van der Waals surface area contributed by atoms with E-state index in [0.717, 1.165) is 11.6 Å². The molecule has 2 aromatic rings. The Morgan fingerprint density at radius 3 is 2.25 bits per heavy atom. The second-order valence-electron chi connectivity index (χ2n) is 5.55. The molecule has 2 rings (SSSR count). The standard InChI is InChI=1S/C18H22ClN/c1-13(2)16-9-7-15(8-10-16)12-20-14(3)17-5-4-6-18(19)11-17/h4-11,13-14,20H,12H2,1-3H3/t14-/m0/s1. The normalized spacial score (nSPS) is 12.7. The van der Waals surface area contributed by atoms with Crippen LogP contribution in [0.1, 0.15) is 49.4 Å². The summed E-state index contributed by atoms with van der Waals surface area (Å²) in [6.07, 6.45) is 0. The van der Waals surface area contributed by atoms with Crippen LogP contribution in [0, 0.1) is 0 Å². The Labute approximate surface area is 127 Å². The summed E-state index contributed by atoms with van der Waals surface area (Å²) < 4.78 is 0. The molecule has 0 aromatic heterocycles. The minimum Gasteiger partial charge on any atom is -0.306 e. The van der Waals surface area contributed by atoms with Crippen LogP contribution in [0.15, 0.2) is 48.5 Å². The number of benzene rings is 2. The molecule has 1 nitrogen and oxygen atoms in total. The van der Waals surface area contributed by atoms with Crippen LogP contribution in [0.2, 0.25) is 5.02 Å². The fraction of sp³-hybridized carbons (Fsp3) is 0.333. The summed E-state index contributed by atoms with van der Waals surface area (Å²) in [6.45, 7) is 7.46. The molecule has 0 heterocycles. The molecule has 0 radical (unpaired) electrons. The first-order chi connectivity index (χ1) is 9.56. The van der Waals surface area contributed by atoms with Crippen LogP contribution in [-0.2, 0) is 6.54 Å². The Morgan fingerprint density at radius 1 is 0.950 bits per heavy atom. The summed E-state index contributed by atoms with van der Waals surface area (Å²) in [7, 11) is 0. The van der Waals surface area contributed by atoms with E-state index in [-0.39, 0.29) is 0 Å². The maximum atomic E-state index is 6.03. The second kappa shape index (κ2) is 6.92. The Kier molecular flexibility index (Phi) is 5.22. The highest BCUT2D eigenvalue weighted by atomic mass is 35.5. The van der Waals surface area contributed by atoms with Gasteiger partial charge in [-0.25, -0.2) is 0 Å². The van der Waals surface area contributed by atoms with Crippen molar-refractivity contribution in [1.82, 2.24) is 5.32 Å². The molecular formula is C18H22ClN. The van der Waals surface area contributed by atoms with Gasteiger partial charge >= 0.3 is 0 Å². The Balaban J connectivity index is 1.94. The van der Waals surface area contributed by atoms with Crippen molar-refractivity contribution in [3.63, 3.8) is 0 Å². The average Bonchev–Trinajstić information content (AvgIpc) is 2.45. The molecule has 0 unspecified atom stereocenters. The van der Waals surface area contributed by atoms with Crippen molar-refractivity contribution in [3.8, 4) is 0 Å². The zero-order valence-corrected chi connectivity index (χ0v) is 13.1. The maximum absolute atomic E-state index is 6.03. The first-order valence-corrected chi connectivity index (χ1v) is 7.51. The van der Waals surface area contributed by atoms with Crippen molar-refractivity contribution >= 4 is 11.6 Å². The largest absolute Gasteiger partial charge is 0.306 e. The molecule has 0 aliphatic carbocycles. The number of nitrogens with one attached hydrogen (secondary N) is 1. The van der Waals surface area contributed by atoms with Crippen molar-refractivity contribution < 1.29 is 0 Å². The first-order valence-electron chi connectivity index (χ1n) is 7.14. The van der Waals surface area contributed by atoms with Gasteiger partial charge in [-0.15, -0.1) is 0 Å². The van der Waals surface area contributed by atoms with Gasteiger partial charge in [0, 0.05) is 17.6 Å². The third-order valence-electron chi connectivity index (χ3n) is 3.61. The van der Waals surface area contributed by atoms with E-state index in [1.54, 1.807) is 0 Å². The smallest absolute Gasteiger partial charge is 0.0409 e. The van der Waals surface area contributed by atoms with Crippen molar-refractivity contribution in [3.05, 3.63) is 70.2 Å². The molecule has 0 aliphatic heterocycles. The third-order valence-corrected chi connectivity index (χ3v) is 3.84. The molecule has 0 spiro atoms. The Hall–Kier alpha value is -1.31. The molecule has 0 fully saturated rings. The van der Waals surface area contributed by atoms with Gasteiger partial charge in [-0.2, -0.15) is 0 Å². The molecule has 0 saturated heterocycles. The maximum Gasteiger partial charge on any atom is 0.0409 e. The second-order valence-corrected chi connectivity index (χ2v) is 5.99. The van der Waals surface area contributed by atoms with E-state index < -0.39 is 0 Å². The van der Waals surface area contributed by atoms with E-state index in [0.29, 0.717) is 12.0 Å². The quantitative estimate of drug-likeness (QED) is 0.785. The van der Waals surface area contributed by atoms with Crippen LogP contribution < -0.4 is 5.32 Å². The first kappa shape index (κ1) is 15.1. The minimum atomic E-state index is 0.290. The fourth-order valence-corrected chi connectivity index (χ4v) is 2.38. The summed E-state index contributed by atoms with van der Waals surface area (Å²) in [6, 6.07) is 17.1. The zero-order chi connectivity index (χ0) is 14.5. The summed E-state index contributed by atoms with van der Waals surface area (Å²) in [4.78, 5) is 0. The molecule has 1 N–H and O–H groups in total. The molecule has 2 aromatic carbocycles. The highest BCUT2D eigenvalue weighted by Crippen LogP contribution is 2.18. The molecule has 20 heavy (non-hydrogen) atoms. The summed E-state index contributed by atoms with van der Waals surface area (Å²) in [5.41, 5.74) is 3.91. The van der Waals surface area contributed by atoms with Gasteiger partial charge in [0.1, 0.15) is 0 Å². The fourth-order valence-electron chi connectivity index (χ4n) is 2.19. The van der Waals surface area contributed by atoms with Gasteiger partial charge in [0.2, 0.25) is 0 Å². The molecule has 0 saturated carbocycles. The van der Waals surface area contributed by atoms with Crippen molar-refractivity contribution in [2.45, 2.75) is 39.3 Å². The predicted octanol–water partition coefficient (Wildman–Crippen LogP) is 5.31. The van der Waals surface area contributed by atoms with Crippen LogP contribution in [0.3, 0.4) is 0 Å². The van der Waals surface area contributed by atoms with Crippen LogP contribution in [0.5, 0.6) is 0 Å². The van der Waals surface area contributed by atoms with Gasteiger partial charge in [-0.1, -0.05) is 61.8 Å². The lowest BCUT2D eigenvalue weighted by Crippen LogP contribution is -2.18. The molecule has 0 aliphatic rings. The van der Waals surface area contributed by atoms with Crippen molar-refractivity contribution in [2.24, 2.45) is 0 Å². The van der Waals surface area contributed by atoms with Gasteiger partial charge in [-0.05, 0) is 41.7 Å². The van der Waals surface area contributed by atoms with Gasteiger partial charge in [0.25, 0.3) is 0 Å². The number of hydrogen-bond acceptors (Lipinski definition) is 1. The SMILES string of the molecule is CC(C)c1ccc(CN[C@@H](C)c2cccc(Cl)c2)cc1. The van der Waals surface area contributed by atoms with Crippen LogP contribution >= 0.6 is 11.6 Å². The number of rotatable bonds is 5. The van der Waals surface area contributed by atoms with E-state index in [4.69, 9.17) is 11.6 Å². The molecule has 0 amide bonds. The molecule has 1 atom stereocenters.